The Hall–Kier alpha value is -1.38. The molecular weight excluding hydrogens is 138 g/mol. The molecule has 0 aliphatic rings. The Morgan fingerprint density at radius 1 is 1.45 bits per heavy atom. The zero-order valence-electron chi connectivity index (χ0n) is 6.68. The maximum absolute atomic E-state index is 6.87. The summed E-state index contributed by atoms with van der Waals surface area (Å²) in [4.78, 5) is 0. The minimum Gasteiger partial charge on any atom is -0.386 e. The fourth-order valence-corrected chi connectivity index (χ4v) is 1.07. The molecule has 3 heteroatoms. The lowest BCUT2D eigenvalue weighted by Crippen LogP contribution is -1.90. The predicted octanol–water partition coefficient (Wildman–Crippen LogP) is 2.70. The molecule has 3 nitrogen and oxygen atoms in total. The molecule has 1 aromatic carbocycles. The van der Waals surface area contributed by atoms with Gasteiger partial charge in [-0.15, -0.1) is 0 Å². The van der Waals surface area contributed by atoms with Crippen LogP contribution in [0.3, 0.4) is 0 Å². The van der Waals surface area contributed by atoms with Gasteiger partial charge in [0.25, 0.3) is 0 Å². The standard InChI is InChI=1S/C8H11N3/c1-6-4-3-5-7(11-9)8(6)10-2/h3-5,9-10H,1-2H3. The van der Waals surface area contributed by atoms with E-state index >= 15 is 0 Å². The van der Waals surface area contributed by atoms with Crippen LogP contribution in [-0.4, -0.2) is 7.05 Å². The smallest absolute Gasteiger partial charge is 0.108 e. The van der Waals surface area contributed by atoms with E-state index < -0.39 is 0 Å². The van der Waals surface area contributed by atoms with Gasteiger partial charge in [-0.3, -0.25) is 0 Å². The number of aryl methyl sites for hydroxylation is 1. The Balaban J connectivity index is 3.23. The van der Waals surface area contributed by atoms with Gasteiger partial charge in [0.1, 0.15) is 5.69 Å². The van der Waals surface area contributed by atoms with Crippen molar-refractivity contribution >= 4 is 11.4 Å². The Labute approximate surface area is 65.9 Å². The average Bonchev–Trinajstić information content (AvgIpc) is 2.04. The van der Waals surface area contributed by atoms with Crippen LogP contribution in [0, 0.1) is 12.5 Å². The molecule has 0 spiro atoms. The summed E-state index contributed by atoms with van der Waals surface area (Å²) >= 11 is 0. The lowest BCUT2D eigenvalue weighted by atomic mass is 10.2. The molecule has 0 heterocycles. The molecular formula is C8H11N3. The predicted molar refractivity (Wildman–Crippen MR) is 45.5 cm³/mol. The molecule has 11 heavy (non-hydrogen) atoms. The second kappa shape index (κ2) is 3.14. The van der Waals surface area contributed by atoms with Gasteiger partial charge in [0.2, 0.25) is 0 Å². The topological polar surface area (TPSA) is 48.2 Å². The number of benzene rings is 1. The maximum atomic E-state index is 6.87. The number of nitrogens with zero attached hydrogens (tertiary/aromatic N) is 1. The summed E-state index contributed by atoms with van der Waals surface area (Å²) in [5.41, 5.74) is 9.60. The SMILES string of the molecule is CNc1c(C)cccc1N=N. The third kappa shape index (κ3) is 1.37. The molecule has 0 fully saturated rings. The van der Waals surface area contributed by atoms with Crippen molar-refractivity contribution in [2.75, 3.05) is 12.4 Å². The molecule has 58 valence electrons. The summed E-state index contributed by atoms with van der Waals surface area (Å²) in [7, 11) is 1.83. The van der Waals surface area contributed by atoms with Crippen LogP contribution in [0.25, 0.3) is 0 Å². The van der Waals surface area contributed by atoms with Gasteiger partial charge in [-0.05, 0) is 18.6 Å². The van der Waals surface area contributed by atoms with E-state index in [1.165, 1.54) is 0 Å². The van der Waals surface area contributed by atoms with Crippen molar-refractivity contribution in [3.63, 3.8) is 0 Å². The molecule has 0 amide bonds. The summed E-state index contributed by atoms with van der Waals surface area (Å²) in [5, 5.41) is 6.39. The largest absolute Gasteiger partial charge is 0.386 e. The Morgan fingerprint density at radius 3 is 2.64 bits per heavy atom. The summed E-state index contributed by atoms with van der Waals surface area (Å²) in [6.45, 7) is 1.99. The first-order valence-corrected chi connectivity index (χ1v) is 3.44. The fraction of sp³-hybridized carbons (Fsp3) is 0.250. The van der Waals surface area contributed by atoms with Gasteiger partial charge in [0.15, 0.2) is 0 Å². The summed E-state index contributed by atoms with van der Waals surface area (Å²) in [5.74, 6) is 0. The molecule has 0 saturated heterocycles. The van der Waals surface area contributed by atoms with Crippen molar-refractivity contribution < 1.29 is 0 Å². The van der Waals surface area contributed by atoms with Crippen LogP contribution in [0.2, 0.25) is 0 Å². The number of hydrogen-bond acceptors (Lipinski definition) is 3. The van der Waals surface area contributed by atoms with Crippen LogP contribution >= 0.6 is 0 Å². The Bertz CT molecular complexity index is 268. The van der Waals surface area contributed by atoms with Gasteiger partial charge < -0.3 is 5.32 Å². The van der Waals surface area contributed by atoms with Gasteiger partial charge >= 0.3 is 0 Å². The van der Waals surface area contributed by atoms with Gasteiger partial charge in [-0.1, -0.05) is 12.1 Å². The first-order chi connectivity index (χ1) is 5.29. The molecule has 0 aliphatic carbocycles. The molecule has 1 rings (SSSR count). The molecule has 0 bridgehead atoms. The highest BCUT2D eigenvalue weighted by Gasteiger charge is 2.00. The minimum absolute atomic E-state index is 0.688. The second-order valence-corrected chi connectivity index (χ2v) is 2.33. The lowest BCUT2D eigenvalue weighted by molar-refractivity contribution is 1.14. The van der Waals surface area contributed by atoms with Crippen molar-refractivity contribution in [1.82, 2.24) is 0 Å². The van der Waals surface area contributed by atoms with E-state index in [0.29, 0.717) is 5.69 Å². The van der Waals surface area contributed by atoms with E-state index in [0.717, 1.165) is 11.3 Å². The first-order valence-electron chi connectivity index (χ1n) is 3.44. The van der Waals surface area contributed by atoms with E-state index in [2.05, 4.69) is 10.4 Å². The minimum atomic E-state index is 0.688. The van der Waals surface area contributed by atoms with Gasteiger partial charge in [-0.25, -0.2) is 5.53 Å². The number of rotatable bonds is 2. The molecule has 1 aromatic rings. The first kappa shape index (κ1) is 7.72. The molecule has 0 unspecified atom stereocenters. The van der Waals surface area contributed by atoms with Crippen molar-refractivity contribution in [1.29, 1.82) is 5.53 Å². The van der Waals surface area contributed by atoms with E-state index in [4.69, 9.17) is 5.53 Å². The van der Waals surface area contributed by atoms with Crippen LogP contribution in [0.4, 0.5) is 11.4 Å². The number of hydrogen-bond donors (Lipinski definition) is 2. The zero-order valence-corrected chi connectivity index (χ0v) is 6.68. The molecule has 0 atom stereocenters. The Morgan fingerprint density at radius 2 is 2.18 bits per heavy atom. The van der Waals surface area contributed by atoms with Crippen molar-refractivity contribution in [3.8, 4) is 0 Å². The third-order valence-electron chi connectivity index (χ3n) is 1.62. The highest BCUT2D eigenvalue weighted by atomic mass is 15.0. The van der Waals surface area contributed by atoms with Crippen LogP contribution < -0.4 is 5.32 Å². The normalized spacial score (nSPS) is 9.27. The highest BCUT2D eigenvalue weighted by molar-refractivity contribution is 5.68. The quantitative estimate of drug-likeness (QED) is 0.624. The van der Waals surface area contributed by atoms with Crippen molar-refractivity contribution in [3.05, 3.63) is 23.8 Å². The molecule has 0 saturated carbocycles. The monoisotopic (exact) mass is 149 g/mol. The summed E-state index contributed by atoms with van der Waals surface area (Å²) in [6.07, 6.45) is 0. The van der Waals surface area contributed by atoms with E-state index in [1.54, 1.807) is 0 Å². The van der Waals surface area contributed by atoms with Crippen LogP contribution in [0.15, 0.2) is 23.3 Å². The van der Waals surface area contributed by atoms with Gasteiger partial charge in [0, 0.05) is 7.05 Å². The molecule has 0 aromatic heterocycles. The summed E-state index contributed by atoms with van der Waals surface area (Å²) < 4.78 is 0. The van der Waals surface area contributed by atoms with E-state index in [1.807, 2.05) is 32.2 Å². The highest BCUT2D eigenvalue weighted by Crippen LogP contribution is 2.26. The number of anilines is 1. The lowest BCUT2D eigenvalue weighted by Gasteiger charge is -2.05. The molecule has 2 N–H and O–H groups in total. The molecule has 0 radical (unpaired) electrons. The van der Waals surface area contributed by atoms with Crippen molar-refractivity contribution in [2.45, 2.75) is 6.92 Å². The van der Waals surface area contributed by atoms with Gasteiger partial charge in [0.05, 0.1) is 5.69 Å². The Kier molecular flexibility index (Phi) is 2.21. The molecule has 0 aliphatic heterocycles. The number of para-hydroxylation sites is 1. The maximum Gasteiger partial charge on any atom is 0.108 e. The van der Waals surface area contributed by atoms with E-state index in [9.17, 15) is 0 Å². The number of nitrogens with one attached hydrogen (secondary N) is 2. The van der Waals surface area contributed by atoms with Crippen LogP contribution in [0.5, 0.6) is 0 Å². The average molecular weight is 149 g/mol. The van der Waals surface area contributed by atoms with Crippen LogP contribution in [0.1, 0.15) is 5.56 Å². The second-order valence-electron chi connectivity index (χ2n) is 2.33. The van der Waals surface area contributed by atoms with E-state index in [-0.39, 0.29) is 0 Å². The zero-order chi connectivity index (χ0) is 8.27. The van der Waals surface area contributed by atoms with Gasteiger partial charge in [-0.2, -0.15) is 5.11 Å². The third-order valence-corrected chi connectivity index (χ3v) is 1.62. The van der Waals surface area contributed by atoms with Crippen LogP contribution in [-0.2, 0) is 0 Å². The van der Waals surface area contributed by atoms with Crippen molar-refractivity contribution in [2.24, 2.45) is 5.11 Å². The fourth-order valence-electron chi connectivity index (χ4n) is 1.07. The summed E-state index contributed by atoms with van der Waals surface area (Å²) in [6, 6.07) is 5.69.